The molecule has 0 aliphatic rings. The molecule has 1 aromatic carbocycles. The van der Waals surface area contributed by atoms with Gasteiger partial charge in [0, 0.05) is 29.1 Å². The van der Waals surface area contributed by atoms with Crippen LogP contribution in [0.3, 0.4) is 0 Å². The van der Waals surface area contributed by atoms with Gasteiger partial charge >= 0.3 is 0 Å². The Morgan fingerprint density at radius 3 is 2.50 bits per heavy atom. The molecular weight excluding hydrogens is 251 g/mol. The van der Waals surface area contributed by atoms with Crippen LogP contribution in [0.15, 0.2) is 24.3 Å². The van der Waals surface area contributed by atoms with Gasteiger partial charge in [-0.05, 0) is 29.8 Å². The minimum atomic E-state index is -0.214. The first-order chi connectivity index (χ1) is 9.27. The van der Waals surface area contributed by atoms with Crippen molar-refractivity contribution in [3.8, 4) is 0 Å². The minimum Gasteiger partial charge on any atom is -0.310 e. The van der Waals surface area contributed by atoms with E-state index >= 15 is 0 Å². The summed E-state index contributed by atoms with van der Waals surface area (Å²) in [6.07, 6.45) is 0. The third kappa shape index (κ3) is 3.34. The van der Waals surface area contributed by atoms with Crippen LogP contribution in [-0.4, -0.2) is 11.0 Å². The number of hydrogen-bond donors (Lipinski definition) is 1. The molecule has 1 N–H and O–H groups in total. The lowest BCUT2D eigenvalue weighted by molar-refractivity contribution is 0.564. The summed E-state index contributed by atoms with van der Waals surface area (Å²) in [5, 5.41) is 4.30. The fourth-order valence-electron chi connectivity index (χ4n) is 2.11. The van der Waals surface area contributed by atoms with Crippen molar-refractivity contribution in [2.45, 2.75) is 52.6 Å². The fraction of sp³-hybridized carbons (Fsp3) is 0.471. The lowest BCUT2D eigenvalue weighted by Crippen LogP contribution is -2.23. The standard InChI is InChI=1S/C17H23FN2/c1-11(2)19-10-12-8-16(17(3,4)5)20-15-7-6-13(18)9-14(12)15/h6-9,11,19H,10H2,1-5H3. The Balaban J connectivity index is 2.57. The number of halogens is 1. The van der Waals surface area contributed by atoms with Crippen molar-refractivity contribution in [2.75, 3.05) is 0 Å². The monoisotopic (exact) mass is 274 g/mol. The number of aromatic nitrogens is 1. The predicted molar refractivity (Wildman–Crippen MR) is 82.4 cm³/mol. The average molecular weight is 274 g/mol. The van der Waals surface area contributed by atoms with E-state index in [4.69, 9.17) is 0 Å². The van der Waals surface area contributed by atoms with E-state index in [1.165, 1.54) is 6.07 Å². The largest absolute Gasteiger partial charge is 0.310 e. The topological polar surface area (TPSA) is 24.9 Å². The third-order valence-corrected chi connectivity index (χ3v) is 3.33. The van der Waals surface area contributed by atoms with Crippen LogP contribution in [0.5, 0.6) is 0 Å². The second kappa shape index (κ2) is 5.49. The second-order valence-electron chi connectivity index (χ2n) is 6.61. The summed E-state index contributed by atoms with van der Waals surface area (Å²) < 4.78 is 13.5. The van der Waals surface area contributed by atoms with Crippen LogP contribution in [-0.2, 0) is 12.0 Å². The summed E-state index contributed by atoms with van der Waals surface area (Å²) in [7, 11) is 0. The number of rotatable bonds is 3. The molecule has 0 saturated carbocycles. The molecule has 0 saturated heterocycles. The smallest absolute Gasteiger partial charge is 0.123 e. The highest BCUT2D eigenvalue weighted by molar-refractivity contribution is 5.82. The molecule has 3 heteroatoms. The van der Waals surface area contributed by atoms with Gasteiger partial charge in [-0.1, -0.05) is 34.6 Å². The Morgan fingerprint density at radius 2 is 1.90 bits per heavy atom. The molecule has 0 aliphatic carbocycles. The van der Waals surface area contributed by atoms with Gasteiger partial charge in [0.05, 0.1) is 5.52 Å². The molecule has 2 rings (SSSR count). The van der Waals surface area contributed by atoms with Gasteiger partial charge in [0.2, 0.25) is 0 Å². The highest BCUT2D eigenvalue weighted by Crippen LogP contribution is 2.26. The number of benzene rings is 1. The Hall–Kier alpha value is -1.48. The maximum atomic E-state index is 13.5. The molecule has 2 aromatic rings. The van der Waals surface area contributed by atoms with Crippen molar-refractivity contribution in [1.29, 1.82) is 0 Å². The zero-order valence-electron chi connectivity index (χ0n) is 12.9. The SMILES string of the molecule is CC(C)NCc1cc(C(C)(C)C)nc2ccc(F)cc12. The number of hydrogen-bond acceptors (Lipinski definition) is 2. The zero-order chi connectivity index (χ0) is 14.9. The van der Waals surface area contributed by atoms with Crippen LogP contribution in [0.4, 0.5) is 4.39 Å². The Bertz CT molecular complexity index is 612. The molecule has 108 valence electrons. The summed E-state index contributed by atoms with van der Waals surface area (Å²) in [6, 6.07) is 7.30. The van der Waals surface area contributed by atoms with E-state index in [1.807, 2.05) is 0 Å². The zero-order valence-corrected chi connectivity index (χ0v) is 12.9. The maximum Gasteiger partial charge on any atom is 0.123 e. The number of nitrogens with one attached hydrogen (secondary N) is 1. The molecular formula is C17H23FN2. The van der Waals surface area contributed by atoms with Crippen molar-refractivity contribution >= 4 is 10.9 Å². The van der Waals surface area contributed by atoms with E-state index in [9.17, 15) is 4.39 Å². The average Bonchev–Trinajstić information content (AvgIpc) is 2.34. The molecule has 2 nitrogen and oxygen atoms in total. The Labute approximate surface area is 120 Å². The van der Waals surface area contributed by atoms with E-state index in [0.717, 1.165) is 28.7 Å². The number of fused-ring (bicyclic) bond motifs is 1. The van der Waals surface area contributed by atoms with Gasteiger partial charge in [-0.3, -0.25) is 4.98 Å². The summed E-state index contributed by atoms with van der Waals surface area (Å²) in [6.45, 7) is 11.4. The minimum absolute atomic E-state index is 0.0187. The van der Waals surface area contributed by atoms with Crippen LogP contribution in [0.2, 0.25) is 0 Å². The molecule has 0 atom stereocenters. The Morgan fingerprint density at radius 1 is 1.20 bits per heavy atom. The summed E-state index contributed by atoms with van der Waals surface area (Å²) in [5.41, 5.74) is 2.99. The molecule has 0 fully saturated rings. The summed E-state index contributed by atoms with van der Waals surface area (Å²) >= 11 is 0. The van der Waals surface area contributed by atoms with E-state index in [0.29, 0.717) is 6.04 Å². The van der Waals surface area contributed by atoms with Crippen molar-refractivity contribution in [2.24, 2.45) is 0 Å². The molecule has 0 amide bonds. The molecule has 20 heavy (non-hydrogen) atoms. The maximum absolute atomic E-state index is 13.5. The highest BCUT2D eigenvalue weighted by Gasteiger charge is 2.18. The fourth-order valence-corrected chi connectivity index (χ4v) is 2.11. The van der Waals surface area contributed by atoms with Crippen LogP contribution in [0.25, 0.3) is 10.9 Å². The van der Waals surface area contributed by atoms with Gasteiger partial charge in [0.1, 0.15) is 5.82 Å². The van der Waals surface area contributed by atoms with Gasteiger partial charge < -0.3 is 5.32 Å². The van der Waals surface area contributed by atoms with Crippen molar-refractivity contribution < 1.29 is 4.39 Å². The number of pyridine rings is 1. The van der Waals surface area contributed by atoms with E-state index in [2.05, 4.69) is 51.0 Å². The summed E-state index contributed by atoms with van der Waals surface area (Å²) in [4.78, 5) is 4.68. The Kier molecular flexibility index (Phi) is 4.09. The quantitative estimate of drug-likeness (QED) is 0.908. The molecule has 1 aromatic heterocycles. The highest BCUT2D eigenvalue weighted by atomic mass is 19.1. The molecule has 0 spiro atoms. The first-order valence-corrected chi connectivity index (χ1v) is 7.10. The molecule has 0 unspecified atom stereocenters. The van der Waals surface area contributed by atoms with Gasteiger partial charge in [-0.25, -0.2) is 4.39 Å². The lowest BCUT2D eigenvalue weighted by atomic mass is 9.89. The van der Waals surface area contributed by atoms with Gasteiger partial charge in [0.25, 0.3) is 0 Å². The van der Waals surface area contributed by atoms with Crippen LogP contribution < -0.4 is 5.32 Å². The molecule has 0 bridgehead atoms. The third-order valence-electron chi connectivity index (χ3n) is 3.33. The second-order valence-corrected chi connectivity index (χ2v) is 6.61. The summed E-state index contributed by atoms with van der Waals surface area (Å²) in [5.74, 6) is -0.214. The van der Waals surface area contributed by atoms with E-state index in [-0.39, 0.29) is 11.2 Å². The van der Waals surface area contributed by atoms with Crippen molar-refractivity contribution in [3.63, 3.8) is 0 Å². The normalized spacial score (nSPS) is 12.3. The van der Waals surface area contributed by atoms with Crippen LogP contribution in [0, 0.1) is 5.82 Å². The van der Waals surface area contributed by atoms with Crippen molar-refractivity contribution in [3.05, 3.63) is 41.3 Å². The van der Waals surface area contributed by atoms with Gasteiger partial charge in [-0.2, -0.15) is 0 Å². The van der Waals surface area contributed by atoms with Crippen LogP contribution in [0.1, 0.15) is 45.9 Å². The molecule has 0 aliphatic heterocycles. The molecule has 1 heterocycles. The van der Waals surface area contributed by atoms with Gasteiger partial charge in [-0.15, -0.1) is 0 Å². The molecule has 0 radical (unpaired) electrons. The predicted octanol–water partition coefficient (Wildman–Crippen LogP) is 4.17. The first kappa shape index (κ1) is 14.9. The van der Waals surface area contributed by atoms with Crippen molar-refractivity contribution in [1.82, 2.24) is 10.3 Å². The van der Waals surface area contributed by atoms with E-state index in [1.54, 1.807) is 12.1 Å². The van der Waals surface area contributed by atoms with Gasteiger partial charge in [0.15, 0.2) is 0 Å². The first-order valence-electron chi connectivity index (χ1n) is 7.10. The lowest BCUT2D eigenvalue weighted by Gasteiger charge is -2.20. The van der Waals surface area contributed by atoms with Crippen LogP contribution >= 0.6 is 0 Å². The number of nitrogens with zero attached hydrogens (tertiary/aromatic N) is 1. The van der Waals surface area contributed by atoms with E-state index < -0.39 is 0 Å².